The summed E-state index contributed by atoms with van der Waals surface area (Å²) in [7, 11) is 3.94. The van der Waals surface area contributed by atoms with E-state index in [2.05, 4.69) is 17.6 Å². The summed E-state index contributed by atoms with van der Waals surface area (Å²) in [6.45, 7) is 3.95. The van der Waals surface area contributed by atoms with Gasteiger partial charge in [-0.1, -0.05) is 25.5 Å². The Morgan fingerprint density at radius 1 is 1.19 bits per heavy atom. The number of carbonyl (C=O) groups excluding carboxylic acids is 2. The summed E-state index contributed by atoms with van der Waals surface area (Å²) < 4.78 is 5.82. The van der Waals surface area contributed by atoms with E-state index in [0.717, 1.165) is 30.5 Å². The average molecular weight is 371 g/mol. The number of urea groups is 1. The number of amides is 2. The molecule has 3 unspecified atom stereocenters. The van der Waals surface area contributed by atoms with Crippen LogP contribution in [0.15, 0.2) is 35.5 Å². The van der Waals surface area contributed by atoms with Crippen molar-refractivity contribution >= 4 is 17.7 Å². The topological polar surface area (TPSA) is 70.7 Å². The van der Waals surface area contributed by atoms with E-state index in [4.69, 9.17) is 4.74 Å². The van der Waals surface area contributed by atoms with Crippen LogP contribution in [0.4, 0.5) is 10.5 Å². The summed E-state index contributed by atoms with van der Waals surface area (Å²) in [5.74, 6) is 0.228. The van der Waals surface area contributed by atoms with Crippen molar-refractivity contribution in [2.24, 2.45) is 5.92 Å². The Hall–Kier alpha value is -2.50. The van der Waals surface area contributed by atoms with Crippen molar-refractivity contribution in [3.63, 3.8) is 0 Å². The molecule has 2 N–H and O–H groups in total. The number of anilines is 1. The zero-order chi connectivity index (χ0) is 19.6. The minimum atomic E-state index is -0.511. The maximum atomic E-state index is 13.0. The number of nitrogens with zero attached hydrogens (tertiary/aromatic N) is 1. The van der Waals surface area contributed by atoms with E-state index in [1.807, 2.05) is 43.3 Å². The monoisotopic (exact) mass is 371 g/mol. The molecule has 6 nitrogen and oxygen atoms in total. The van der Waals surface area contributed by atoms with Crippen molar-refractivity contribution in [1.29, 1.82) is 0 Å². The smallest absolute Gasteiger partial charge is 0.338 e. The van der Waals surface area contributed by atoms with Gasteiger partial charge in [0.2, 0.25) is 0 Å². The molecule has 1 aliphatic carbocycles. The van der Waals surface area contributed by atoms with Gasteiger partial charge < -0.3 is 20.3 Å². The van der Waals surface area contributed by atoms with Crippen LogP contribution < -0.4 is 15.5 Å². The third-order valence-corrected chi connectivity index (χ3v) is 5.39. The molecule has 0 radical (unpaired) electrons. The van der Waals surface area contributed by atoms with Gasteiger partial charge >= 0.3 is 12.0 Å². The molecule has 2 amide bonds. The molecular formula is C21H29N3O3. The van der Waals surface area contributed by atoms with Crippen LogP contribution in [0.1, 0.15) is 51.1 Å². The normalized spacial score (nSPS) is 25.5. The van der Waals surface area contributed by atoms with Gasteiger partial charge in [0, 0.05) is 25.5 Å². The van der Waals surface area contributed by atoms with Gasteiger partial charge in [-0.25, -0.2) is 9.59 Å². The first-order valence-corrected chi connectivity index (χ1v) is 9.61. The molecule has 1 heterocycles. The number of ether oxygens (including phenoxy) is 1. The number of carbonyl (C=O) groups is 2. The Bertz CT molecular complexity index is 740. The highest BCUT2D eigenvalue weighted by Gasteiger charge is 2.34. The van der Waals surface area contributed by atoms with Crippen molar-refractivity contribution in [2.75, 3.05) is 19.0 Å². The highest BCUT2D eigenvalue weighted by atomic mass is 16.5. The Morgan fingerprint density at radius 3 is 2.52 bits per heavy atom. The molecule has 1 aromatic rings. The third kappa shape index (κ3) is 4.43. The molecule has 1 fully saturated rings. The second-order valence-corrected chi connectivity index (χ2v) is 7.86. The van der Waals surface area contributed by atoms with E-state index in [9.17, 15) is 9.59 Å². The van der Waals surface area contributed by atoms with E-state index in [-0.39, 0.29) is 18.1 Å². The second-order valence-electron chi connectivity index (χ2n) is 7.86. The molecule has 2 aliphatic rings. The number of hydrogen-bond donors (Lipinski definition) is 2. The molecule has 1 aromatic carbocycles. The molecule has 27 heavy (non-hydrogen) atoms. The van der Waals surface area contributed by atoms with Crippen LogP contribution in [0.25, 0.3) is 0 Å². The molecule has 1 aliphatic heterocycles. The van der Waals surface area contributed by atoms with Crippen LogP contribution in [0.2, 0.25) is 0 Å². The van der Waals surface area contributed by atoms with E-state index < -0.39 is 6.04 Å². The van der Waals surface area contributed by atoms with Crippen LogP contribution in [0.5, 0.6) is 0 Å². The predicted molar refractivity (Wildman–Crippen MR) is 105 cm³/mol. The fourth-order valence-electron chi connectivity index (χ4n) is 3.88. The van der Waals surface area contributed by atoms with E-state index in [1.54, 1.807) is 6.92 Å². The standard InChI is InChI=1S/C21H29N3O3/c1-13-6-5-7-17(12-13)27-20(25)18-14(2)22-21(26)23-19(18)15-8-10-16(11-9-15)24(3)4/h8-11,13,17,19H,5-7,12H2,1-4H3,(H2,22,23,26). The Morgan fingerprint density at radius 2 is 1.89 bits per heavy atom. The van der Waals surface area contributed by atoms with Gasteiger partial charge in [0.05, 0.1) is 11.6 Å². The molecule has 0 aromatic heterocycles. The fraction of sp³-hybridized carbons (Fsp3) is 0.524. The zero-order valence-corrected chi connectivity index (χ0v) is 16.5. The lowest BCUT2D eigenvalue weighted by Crippen LogP contribution is -2.45. The predicted octanol–water partition coefficient (Wildman–Crippen LogP) is 3.50. The lowest BCUT2D eigenvalue weighted by Gasteiger charge is -2.31. The highest BCUT2D eigenvalue weighted by molar-refractivity contribution is 5.95. The lowest BCUT2D eigenvalue weighted by atomic mass is 9.88. The first-order chi connectivity index (χ1) is 12.8. The molecule has 0 spiro atoms. The first-order valence-electron chi connectivity index (χ1n) is 9.61. The molecule has 0 bridgehead atoms. The SMILES string of the molecule is CC1=C(C(=O)OC2CCCC(C)C2)C(c2ccc(N(C)C)cc2)NC(=O)N1. The number of nitrogens with one attached hydrogen (secondary N) is 2. The van der Waals surface area contributed by atoms with Crippen molar-refractivity contribution in [2.45, 2.75) is 51.7 Å². The lowest BCUT2D eigenvalue weighted by molar-refractivity contribution is -0.146. The minimum Gasteiger partial charge on any atom is -0.459 e. The van der Waals surface area contributed by atoms with Gasteiger partial charge in [0.1, 0.15) is 6.10 Å². The van der Waals surface area contributed by atoms with Crippen LogP contribution in [0.3, 0.4) is 0 Å². The highest BCUT2D eigenvalue weighted by Crippen LogP contribution is 2.31. The average Bonchev–Trinajstić information content (AvgIpc) is 2.61. The molecule has 6 heteroatoms. The third-order valence-electron chi connectivity index (χ3n) is 5.39. The van der Waals surface area contributed by atoms with Gasteiger partial charge in [-0.05, 0) is 49.8 Å². The number of allylic oxidation sites excluding steroid dienone is 1. The number of rotatable bonds is 4. The van der Waals surface area contributed by atoms with Gasteiger partial charge in [0.15, 0.2) is 0 Å². The quantitative estimate of drug-likeness (QED) is 0.795. The maximum Gasteiger partial charge on any atom is 0.338 e. The summed E-state index contributed by atoms with van der Waals surface area (Å²) in [5.41, 5.74) is 2.94. The fourth-order valence-corrected chi connectivity index (χ4v) is 3.88. The number of benzene rings is 1. The summed E-state index contributed by atoms with van der Waals surface area (Å²) in [5, 5.41) is 5.57. The van der Waals surface area contributed by atoms with E-state index >= 15 is 0 Å². The Balaban J connectivity index is 1.84. The van der Waals surface area contributed by atoms with Gasteiger partial charge in [0.25, 0.3) is 0 Å². The molecule has 1 saturated carbocycles. The first kappa shape index (κ1) is 19.3. The molecule has 0 saturated heterocycles. The molecule has 146 valence electrons. The van der Waals surface area contributed by atoms with Gasteiger partial charge in [-0.15, -0.1) is 0 Å². The zero-order valence-electron chi connectivity index (χ0n) is 16.5. The summed E-state index contributed by atoms with van der Waals surface area (Å²) in [6.07, 6.45) is 4.04. The van der Waals surface area contributed by atoms with Crippen molar-refractivity contribution in [1.82, 2.24) is 10.6 Å². The number of hydrogen-bond acceptors (Lipinski definition) is 4. The summed E-state index contributed by atoms with van der Waals surface area (Å²) >= 11 is 0. The molecular weight excluding hydrogens is 342 g/mol. The number of esters is 1. The van der Waals surface area contributed by atoms with E-state index in [0.29, 0.717) is 17.2 Å². The minimum absolute atomic E-state index is 0.0454. The van der Waals surface area contributed by atoms with Crippen molar-refractivity contribution in [3.05, 3.63) is 41.1 Å². The van der Waals surface area contributed by atoms with Gasteiger partial charge in [-0.3, -0.25) is 0 Å². The largest absolute Gasteiger partial charge is 0.459 e. The Kier molecular flexibility index (Phi) is 5.73. The second kappa shape index (κ2) is 8.03. The van der Waals surface area contributed by atoms with Crippen LogP contribution in [0, 0.1) is 5.92 Å². The molecule has 3 rings (SSSR count). The summed E-state index contributed by atoms with van der Waals surface area (Å²) in [4.78, 5) is 27.0. The van der Waals surface area contributed by atoms with Crippen LogP contribution in [-0.2, 0) is 9.53 Å². The maximum absolute atomic E-state index is 13.0. The van der Waals surface area contributed by atoms with Crippen LogP contribution in [-0.4, -0.2) is 32.2 Å². The summed E-state index contributed by atoms with van der Waals surface area (Å²) in [6, 6.07) is 7.01. The van der Waals surface area contributed by atoms with Crippen molar-refractivity contribution in [3.8, 4) is 0 Å². The van der Waals surface area contributed by atoms with Gasteiger partial charge in [-0.2, -0.15) is 0 Å². The Labute approximate surface area is 161 Å². The van der Waals surface area contributed by atoms with Crippen molar-refractivity contribution < 1.29 is 14.3 Å². The van der Waals surface area contributed by atoms with E-state index in [1.165, 1.54) is 6.42 Å². The van der Waals surface area contributed by atoms with Crippen LogP contribution >= 0.6 is 0 Å². The molecule has 3 atom stereocenters.